The molecule has 8 nitrogen and oxygen atoms in total. The van der Waals surface area contributed by atoms with E-state index in [1.165, 1.54) is 0 Å². The monoisotopic (exact) mass is 715 g/mol. The van der Waals surface area contributed by atoms with Gasteiger partial charge in [0.2, 0.25) is 0 Å². The van der Waals surface area contributed by atoms with Crippen LogP contribution in [0.25, 0.3) is 66.4 Å². The van der Waals surface area contributed by atoms with Crippen LogP contribution < -0.4 is 4.74 Å². The molecule has 0 amide bonds. The van der Waals surface area contributed by atoms with E-state index in [1.54, 1.807) is 0 Å². The summed E-state index contributed by atoms with van der Waals surface area (Å²) in [5, 5.41) is 23.8. The summed E-state index contributed by atoms with van der Waals surface area (Å²) in [6.07, 6.45) is 7.54. The first-order chi connectivity index (χ1) is 27.7. The summed E-state index contributed by atoms with van der Waals surface area (Å²) < 4.78 is 11.5. The van der Waals surface area contributed by atoms with Crippen molar-refractivity contribution in [2.75, 3.05) is 0 Å². The number of nitrogens with zero attached hydrogens (tertiary/aromatic N) is 7. The largest absolute Gasteiger partial charge is 0.454 e. The second-order valence-corrected chi connectivity index (χ2v) is 14.3. The van der Waals surface area contributed by atoms with E-state index in [2.05, 4.69) is 99.1 Å². The van der Waals surface area contributed by atoms with Crippen molar-refractivity contribution in [3.8, 4) is 46.4 Å². The highest BCUT2D eigenvalue weighted by atomic mass is 16.5. The molecule has 2 aliphatic rings. The normalized spacial score (nSPS) is 15.0. The van der Waals surface area contributed by atoms with Gasteiger partial charge in [-0.2, -0.15) is 10.5 Å². The lowest BCUT2D eigenvalue weighted by Crippen LogP contribution is -2.32. The lowest BCUT2D eigenvalue weighted by Gasteiger charge is -2.39. The first-order valence-corrected chi connectivity index (χ1v) is 18.3. The van der Waals surface area contributed by atoms with Crippen LogP contribution in [0.3, 0.4) is 0 Å². The van der Waals surface area contributed by atoms with E-state index in [9.17, 15) is 10.5 Å². The van der Waals surface area contributed by atoms with Gasteiger partial charge in [0.25, 0.3) is 0 Å². The molecule has 5 aromatic carbocycles. The number of fused-ring (bicyclic) bond motifs is 15. The fraction of sp³-hybridized carbons (Fsp3) is 0.0208. The van der Waals surface area contributed by atoms with Gasteiger partial charge in [0.15, 0.2) is 5.75 Å². The third-order valence-corrected chi connectivity index (χ3v) is 11.6. The van der Waals surface area contributed by atoms with Gasteiger partial charge in [-0.1, -0.05) is 54.6 Å². The Hall–Kier alpha value is -8.07. The molecule has 0 radical (unpaired) electrons. The topological polar surface area (TPSA) is 105 Å². The van der Waals surface area contributed by atoms with E-state index >= 15 is 0 Å². The minimum atomic E-state index is -0.847. The van der Waals surface area contributed by atoms with Gasteiger partial charge < -0.3 is 13.9 Å². The zero-order valence-electron chi connectivity index (χ0n) is 29.5. The average molecular weight is 716 g/mol. The highest BCUT2D eigenvalue weighted by molar-refractivity contribution is 6.11. The Balaban J connectivity index is 1.20. The smallest absolute Gasteiger partial charge is 0.156 e. The van der Waals surface area contributed by atoms with E-state index in [4.69, 9.17) is 14.7 Å². The number of aromatic nitrogens is 5. The molecule has 0 fully saturated rings. The van der Waals surface area contributed by atoms with Crippen LogP contribution in [0.15, 0.2) is 152 Å². The second-order valence-electron chi connectivity index (χ2n) is 14.3. The number of benzene rings is 5. The average Bonchev–Trinajstić information content (AvgIpc) is 3.87. The van der Waals surface area contributed by atoms with E-state index < -0.39 is 5.41 Å². The van der Waals surface area contributed by atoms with Crippen molar-refractivity contribution in [1.29, 1.82) is 10.5 Å². The molecular weight excluding hydrogens is 691 g/mol. The van der Waals surface area contributed by atoms with Crippen LogP contribution in [-0.4, -0.2) is 24.1 Å². The van der Waals surface area contributed by atoms with E-state index in [-0.39, 0.29) is 0 Å². The number of hydrogen-bond acceptors (Lipinski definition) is 6. The third kappa shape index (κ3) is 3.76. The van der Waals surface area contributed by atoms with Crippen LogP contribution in [0.2, 0.25) is 0 Å². The van der Waals surface area contributed by atoms with Crippen molar-refractivity contribution in [3.63, 3.8) is 0 Å². The minimum absolute atomic E-state index is 0.548. The van der Waals surface area contributed by atoms with E-state index in [1.807, 2.05) is 79.4 Å². The summed E-state index contributed by atoms with van der Waals surface area (Å²) in [5.41, 5.74) is 11.5. The van der Waals surface area contributed by atoms with Crippen LogP contribution in [-0.2, 0) is 5.41 Å². The molecule has 1 spiro atoms. The van der Waals surface area contributed by atoms with Gasteiger partial charge in [-0.25, -0.2) is 0 Å². The molecule has 10 aromatic rings. The molecule has 258 valence electrons. The fourth-order valence-corrected chi connectivity index (χ4v) is 9.41. The lowest BCUT2D eigenvalue weighted by molar-refractivity contribution is 0.434. The molecule has 5 aromatic heterocycles. The molecule has 0 saturated carbocycles. The van der Waals surface area contributed by atoms with Crippen LogP contribution in [0.1, 0.15) is 33.4 Å². The van der Waals surface area contributed by atoms with Crippen LogP contribution >= 0.6 is 0 Å². The van der Waals surface area contributed by atoms with Crippen molar-refractivity contribution in [3.05, 3.63) is 186 Å². The van der Waals surface area contributed by atoms with Gasteiger partial charge in [0.1, 0.15) is 5.75 Å². The van der Waals surface area contributed by atoms with E-state index in [0.717, 1.165) is 94.4 Å². The molecule has 0 N–H and O–H groups in total. The highest BCUT2D eigenvalue weighted by Crippen LogP contribution is 2.62. The summed E-state index contributed by atoms with van der Waals surface area (Å²) in [7, 11) is 0. The maximum atomic E-state index is 9.86. The Morgan fingerprint density at radius 2 is 1.21 bits per heavy atom. The van der Waals surface area contributed by atoms with Crippen LogP contribution in [0.4, 0.5) is 0 Å². The Kier molecular flexibility index (Phi) is 5.96. The number of rotatable bonds is 2. The molecule has 56 heavy (non-hydrogen) atoms. The van der Waals surface area contributed by atoms with Gasteiger partial charge in [0, 0.05) is 50.6 Å². The number of para-hydroxylation sites is 3. The van der Waals surface area contributed by atoms with E-state index in [0.29, 0.717) is 16.9 Å². The summed E-state index contributed by atoms with van der Waals surface area (Å²) in [5.74, 6) is 1.44. The molecule has 1 atom stereocenters. The number of hydrogen-bond donors (Lipinski definition) is 0. The quantitative estimate of drug-likeness (QED) is 0.176. The highest BCUT2D eigenvalue weighted by Gasteiger charge is 2.53. The second kappa shape index (κ2) is 11.0. The summed E-state index contributed by atoms with van der Waals surface area (Å²) in [6.45, 7) is 0. The predicted octanol–water partition coefficient (Wildman–Crippen LogP) is 10.3. The van der Waals surface area contributed by atoms with Gasteiger partial charge >= 0.3 is 0 Å². The molecule has 8 heteroatoms. The molecule has 12 rings (SSSR count). The molecule has 1 unspecified atom stereocenters. The zero-order valence-corrected chi connectivity index (χ0v) is 29.5. The fourth-order valence-electron chi connectivity index (χ4n) is 9.41. The first-order valence-electron chi connectivity index (χ1n) is 18.3. The maximum absolute atomic E-state index is 9.86. The van der Waals surface area contributed by atoms with Gasteiger partial charge in [-0.3, -0.25) is 15.0 Å². The summed E-state index contributed by atoms with van der Waals surface area (Å²) in [6, 6.07) is 47.5. The van der Waals surface area contributed by atoms with Crippen molar-refractivity contribution >= 4 is 43.6 Å². The maximum Gasteiger partial charge on any atom is 0.156 e. The van der Waals surface area contributed by atoms with Gasteiger partial charge in [0.05, 0.1) is 85.9 Å². The molecule has 0 bridgehead atoms. The van der Waals surface area contributed by atoms with Crippen molar-refractivity contribution in [1.82, 2.24) is 24.1 Å². The molecule has 6 heterocycles. The van der Waals surface area contributed by atoms with Crippen molar-refractivity contribution < 1.29 is 4.74 Å². The zero-order chi connectivity index (χ0) is 37.1. The standard InChI is InChI=1S/C48H25N7O/c49-24-28-14-16-40-33(21-28)34-22-29(25-50)15-17-41(34)55(40)42-12-5-9-37-47(42)56-44-13-4-2-8-35(44)48(37)36-10-6-19-52-45(36)46-38(48)23-30(26-53-46)54-39-11-3-1-7-31(39)32-18-20-51-27-43(32)54/h1-23,26-27H. The lowest BCUT2D eigenvalue weighted by atomic mass is 9.66. The first kappa shape index (κ1) is 30.4. The summed E-state index contributed by atoms with van der Waals surface area (Å²) in [4.78, 5) is 14.8. The number of ether oxygens (including phenoxy) is 1. The van der Waals surface area contributed by atoms with Crippen molar-refractivity contribution in [2.24, 2.45) is 0 Å². The molecular formula is C48H25N7O. The SMILES string of the molecule is N#Cc1ccc2c(c1)c1cc(C#N)ccc1n2-c1cccc2c1Oc1ccccc1C21c2cccnc2-c2ncc(-n3c4ccccc4c4ccncc43)cc21. The van der Waals surface area contributed by atoms with Gasteiger partial charge in [-0.15, -0.1) is 0 Å². The Morgan fingerprint density at radius 3 is 2.04 bits per heavy atom. The molecule has 0 saturated heterocycles. The number of nitriles is 2. The van der Waals surface area contributed by atoms with Gasteiger partial charge in [-0.05, 0) is 78.4 Å². The minimum Gasteiger partial charge on any atom is -0.454 e. The Morgan fingerprint density at radius 1 is 0.518 bits per heavy atom. The Bertz CT molecular complexity index is 3330. The van der Waals surface area contributed by atoms with Crippen LogP contribution in [0, 0.1) is 22.7 Å². The predicted molar refractivity (Wildman–Crippen MR) is 215 cm³/mol. The van der Waals surface area contributed by atoms with Crippen molar-refractivity contribution in [2.45, 2.75) is 5.41 Å². The third-order valence-electron chi connectivity index (χ3n) is 11.6. The molecule has 1 aliphatic carbocycles. The van der Waals surface area contributed by atoms with Crippen LogP contribution in [0.5, 0.6) is 11.5 Å². The molecule has 1 aliphatic heterocycles. The number of pyridine rings is 3. The Labute approximate surface area is 319 Å². The summed E-state index contributed by atoms with van der Waals surface area (Å²) >= 11 is 0.